The van der Waals surface area contributed by atoms with E-state index in [2.05, 4.69) is 20.1 Å². The van der Waals surface area contributed by atoms with Crippen LogP contribution >= 0.6 is 11.3 Å². The summed E-state index contributed by atoms with van der Waals surface area (Å²) >= 11 is 1.39. The molecule has 1 aliphatic heterocycles. The average Bonchev–Trinajstić information content (AvgIpc) is 3.27. The zero-order chi connectivity index (χ0) is 18.3. The molecule has 0 unspecified atom stereocenters. The SMILES string of the molecule is CCc1cc(=O)n2nc(N3CCN(C(=O)c4cc(C)no4)CC3)sc2n1. The fourth-order valence-corrected chi connectivity index (χ4v) is 3.85. The van der Waals surface area contributed by atoms with Crippen molar-refractivity contribution in [1.29, 1.82) is 0 Å². The fraction of sp³-hybridized carbons (Fsp3) is 0.438. The Morgan fingerprint density at radius 3 is 2.69 bits per heavy atom. The number of piperazine rings is 1. The zero-order valence-corrected chi connectivity index (χ0v) is 15.3. The van der Waals surface area contributed by atoms with Crippen molar-refractivity contribution < 1.29 is 9.32 Å². The molecule has 9 nitrogen and oxygen atoms in total. The molecular weight excluding hydrogens is 356 g/mol. The molecule has 0 bridgehead atoms. The minimum absolute atomic E-state index is 0.153. The zero-order valence-electron chi connectivity index (χ0n) is 14.5. The maximum Gasteiger partial charge on any atom is 0.292 e. The number of carbonyl (C=O) groups excluding carboxylic acids is 1. The summed E-state index contributed by atoms with van der Waals surface area (Å²) in [5.74, 6) is 0.110. The largest absolute Gasteiger partial charge is 0.351 e. The van der Waals surface area contributed by atoms with Gasteiger partial charge in [-0.2, -0.15) is 4.52 Å². The molecular formula is C16H18N6O3S. The molecule has 1 amide bonds. The van der Waals surface area contributed by atoms with Crippen molar-refractivity contribution >= 4 is 27.3 Å². The summed E-state index contributed by atoms with van der Waals surface area (Å²) in [4.78, 5) is 33.4. The highest BCUT2D eigenvalue weighted by molar-refractivity contribution is 7.20. The van der Waals surface area contributed by atoms with E-state index in [1.54, 1.807) is 17.9 Å². The van der Waals surface area contributed by atoms with E-state index in [1.807, 2.05) is 6.92 Å². The third-order valence-corrected chi connectivity index (χ3v) is 5.30. The van der Waals surface area contributed by atoms with Crippen LogP contribution in [0.3, 0.4) is 0 Å². The van der Waals surface area contributed by atoms with Crippen LogP contribution in [-0.4, -0.2) is 56.7 Å². The standard InChI is InChI=1S/C16H18N6O3S/c1-3-11-9-13(23)22-15(17-11)26-16(18-22)21-6-4-20(5-7-21)14(24)12-8-10(2)19-25-12/h8-9H,3-7H2,1-2H3. The summed E-state index contributed by atoms with van der Waals surface area (Å²) in [5.41, 5.74) is 1.29. The van der Waals surface area contributed by atoms with Crippen molar-refractivity contribution in [2.45, 2.75) is 20.3 Å². The molecule has 4 heterocycles. The fourth-order valence-electron chi connectivity index (χ4n) is 2.88. The van der Waals surface area contributed by atoms with E-state index in [0.717, 1.165) is 10.8 Å². The number of aryl methyl sites for hydroxylation is 2. The molecule has 0 spiro atoms. The van der Waals surface area contributed by atoms with Crippen LogP contribution in [0.15, 0.2) is 21.5 Å². The van der Waals surface area contributed by atoms with Gasteiger partial charge in [0.1, 0.15) is 0 Å². The highest BCUT2D eigenvalue weighted by Gasteiger charge is 2.26. The second-order valence-electron chi connectivity index (χ2n) is 6.13. The van der Waals surface area contributed by atoms with E-state index in [9.17, 15) is 9.59 Å². The predicted octanol–water partition coefficient (Wildman–Crippen LogP) is 0.972. The molecule has 0 radical (unpaired) electrons. The molecule has 0 aliphatic carbocycles. The second-order valence-corrected chi connectivity index (χ2v) is 7.06. The van der Waals surface area contributed by atoms with Crippen LogP contribution in [0.4, 0.5) is 5.13 Å². The Balaban J connectivity index is 1.49. The highest BCUT2D eigenvalue weighted by atomic mass is 32.1. The number of aromatic nitrogens is 4. The van der Waals surface area contributed by atoms with E-state index in [4.69, 9.17) is 4.52 Å². The lowest BCUT2D eigenvalue weighted by Crippen LogP contribution is -2.48. The summed E-state index contributed by atoms with van der Waals surface area (Å²) in [6.07, 6.45) is 0.709. The molecule has 3 aromatic rings. The van der Waals surface area contributed by atoms with Gasteiger partial charge in [0.15, 0.2) is 0 Å². The molecule has 10 heteroatoms. The Labute approximate surface area is 152 Å². The third kappa shape index (κ3) is 2.96. The van der Waals surface area contributed by atoms with Crippen LogP contribution in [0.2, 0.25) is 0 Å². The number of anilines is 1. The molecule has 26 heavy (non-hydrogen) atoms. The van der Waals surface area contributed by atoms with Gasteiger partial charge >= 0.3 is 0 Å². The quantitative estimate of drug-likeness (QED) is 0.674. The summed E-state index contributed by atoms with van der Waals surface area (Å²) in [5, 5.41) is 8.90. The van der Waals surface area contributed by atoms with Crippen molar-refractivity contribution in [3.63, 3.8) is 0 Å². The first-order valence-electron chi connectivity index (χ1n) is 8.42. The van der Waals surface area contributed by atoms with E-state index in [-0.39, 0.29) is 17.2 Å². The molecule has 0 saturated carbocycles. The topological polar surface area (TPSA) is 96.8 Å². The van der Waals surface area contributed by atoms with Crippen molar-refractivity contribution in [1.82, 2.24) is 24.7 Å². The molecule has 0 aromatic carbocycles. The van der Waals surface area contributed by atoms with Gasteiger partial charge in [0.05, 0.1) is 5.69 Å². The van der Waals surface area contributed by atoms with Gasteiger partial charge in [-0.15, -0.1) is 5.10 Å². The lowest BCUT2D eigenvalue weighted by atomic mass is 10.3. The van der Waals surface area contributed by atoms with Gasteiger partial charge < -0.3 is 14.3 Å². The van der Waals surface area contributed by atoms with E-state index in [1.165, 1.54) is 21.9 Å². The number of rotatable bonds is 3. The molecule has 1 fully saturated rings. The first-order valence-corrected chi connectivity index (χ1v) is 9.24. The van der Waals surface area contributed by atoms with Crippen LogP contribution < -0.4 is 10.5 Å². The number of nitrogens with zero attached hydrogens (tertiary/aromatic N) is 6. The van der Waals surface area contributed by atoms with Crippen molar-refractivity contribution in [2.75, 3.05) is 31.1 Å². The summed E-state index contributed by atoms with van der Waals surface area (Å²) in [6, 6.07) is 3.16. The molecule has 1 saturated heterocycles. The lowest BCUT2D eigenvalue weighted by molar-refractivity contribution is 0.0704. The Kier molecular flexibility index (Phi) is 4.19. The summed E-state index contributed by atoms with van der Waals surface area (Å²) < 4.78 is 6.40. The molecule has 0 atom stereocenters. The number of hydrogen-bond acceptors (Lipinski definition) is 8. The Hall–Kier alpha value is -2.75. The monoisotopic (exact) mass is 374 g/mol. The van der Waals surface area contributed by atoms with Gasteiger partial charge in [0, 0.05) is 44.0 Å². The summed E-state index contributed by atoms with van der Waals surface area (Å²) in [6.45, 7) is 6.12. The maximum absolute atomic E-state index is 12.4. The molecule has 0 N–H and O–H groups in total. The van der Waals surface area contributed by atoms with Gasteiger partial charge in [0.25, 0.3) is 11.5 Å². The average molecular weight is 374 g/mol. The summed E-state index contributed by atoms with van der Waals surface area (Å²) in [7, 11) is 0. The minimum Gasteiger partial charge on any atom is -0.351 e. The van der Waals surface area contributed by atoms with Crippen molar-refractivity contribution in [3.8, 4) is 0 Å². The smallest absolute Gasteiger partial charge is 0.292 e. The van der Waals surface area contributed by atoms with Gasteiger partial charge in [-0.1, -0.05) is 23.4 Å². The van der Waals surface area contributed by atoms with Gasteiger partial charge in [-0.05, 0) is 13.3 Å². The second kappa shape index (κ2) is 6.52. The Bertz CT molecular complexity index is 1010. The number of carbonyl (C=O) groups is 1. The lowest BCUT2D eigenvalue weighted by Gasteiger charge is -2.33. The first-order chi connectivity index (χ1) is 12.5. The Morgan fingerprint density at radius 2 is 2.04 bits per heavy atom. The van der Waals surface area contributed by atoms with E-state index in [0.29, 0.717) is 43.3 Å². The maximum atomic E-state index is 12.4. The third-order valence-electron chi connectivity index (χ3n) is 4.33. The Morgan fingerprint density at radius 1 is 1.27 bits per heavy atom. The number of hydrogen-bond donors (Lipinski definition) is 0. The normalized spacial score (nSPS) is 15.0. The van der Waals surface area contributed by atoms with Gasteiger partial charge in [-0.3, -0.25) is 9.59 Å². The van der Waals surface area contributed by atoms with Crippen molar-refractivity contribution in [3.05, 3.63) is 39.6 Å². The van der Waals surface area contributed by atoms with Crippen LogP contribution in [0.5, 0.6) is 0 Å². The van der Waals surface area contributed by atoms with Crippen LogP contribution in [-0.2, 0) is 6.42 Å². The number of fused-ring (bicyclic) bond motifs is 1. The predicted molar refractivity (Wildman–Crippen MR) is 95.9 cm³/mol. The molecule has 4 rings (SSSR count). The molecule has 3 aromatic heterocycles. The highest BCUT2D eigenvalue weighted by Crippen LogP contribution is 2.23. The van der Waals surface area contributed by atoms with Gasteiger partial charge in [0.2, 0.25) is 15.9 Å². The van der Waals surface area contributed by atoms with Crippen molar-refractivity contribution in [2.24, 2.45) is 0 Å². The molecule has 136 valence electrons. The number of amides is 1. The van der Waals surface area contributed by atoms with Gasteiger partial charge in [-0.25, -0.2) is 4.98 Å². The minimum atomic E-state index is -0.163. The van der Waals surface area contributed by atoms with Crippen LogP contribution in [0.1, 0.15) is 28.9 Å². The van der Waals surface area contributed by atoms with E-state index < -0.39 is 0 Å². The van der Waals surface area contributed by atoms with Crippen LogP contribution in [0, 0.1) is 6.92 Å². The first kappa shape index (κ1) is 16.7. The van der Waals surface area contributed by atoms with E-state index >= 15 is 0 Å². The molecule has 1 aliphatic rings. The van der Waals surface area contributed by atoms with Crippen LogP contribution in [0.25, 0.3) is 4.96 Å².